The van der Waals surface area contributed by atoms with E-state index in [1.165, 1.54) is 56.9 Å². The molecule has 0 heterocycles. The summed E-state index contributed by atoms with van der Waals surface area (Å²) >= 11 is 22.5. The standard InChI is InChI=1S/C20H41N3O8S4/c1-19(28-7,29-8)13-22(17(32)33,11-15(24-3)25-4)21-23(18(34)35,12-16(26-5)27-6)14-20(2,30-9)31-10/h15-16,21H,11-14H2,1-10H3. The summed E-state index contributed by atoms with van der Waals surface area (Å²) in [6.07, 6.45) is -1.42. The smallest absolute Gasteiger partial charge is 0.217 e. The lowest BCUT2D eigenvalue weighted by molar-refractivity contribution is -1.10. The van der Waals surface area contributed by atoms with Gasteiger partial charge in [0.25, 0.3) is 0 Å². The number of thiocarbonyl (C=S) groups is 2. The zero-order valence-corrected chi connectivity index (χ0v) is 25.5. The third kappa shape index (κ3) is 9.77. The highest BCUT2D eigenvalue weighted by atomic mass is 32.1. The summed E-state index contributed by atoms with van der Waals surface area (Å²) in [6.45, 7) is 3.96. The van der Waals surface area contributed by atoms with Gasteiger partial charge in [0.15, 0.2) is 26.2 Å². The Hall–Kier alpha value is 0.180. The van der Waals surface area contributed by atoms with Crippen molar-refractivity contribution in [2.24, 2.45) is 0 Å². The first-order valence-corrected chi connectivity index (χ1v) is 12.2. The van der Waals surface area contributed by atoms with Crippen LogP contribution >= 0.6 is 24.4 Å². The first-order chi connectivity index (χ1) is 16.2. The van der Waals surface area contributed by atoms with Crippen molar-refractivity contribution in [3.63, 3.8) is 0 Å². The molecule has 1 N–H and O–H groups in total. The summed E-state index contributed by atoms with van der Waals surface area (Å²) in [4.78, 5) is 0. The summed E-state index contributed by atoms with van der Waals surface area (Å²) in [5.41, 5.74) is 3.47. The summed E-state index contributed by atoms with van der Waals surface area (Å²) in [5, 5.41) is 0. The molecule has 0 bridgehead atoms. The van der Waals surface area contributed by atoms with Gasteiger partial charge in [0.1, 0.15) is 0 Å². The van der Waals surface area contributed by atoms with Gasteiger partial charge in [-0.2, -0.15) is 9.18 Å². The van der Waals surface area contributed by atoms with Gasteiger partial charge in [-0.3, -0.25) is 0 Å². The van der Waals surface area contributed by atoms with Crippen LogP contribution in [0.2, 0.25) is 0 Å². The van der Waals surface area contributed by atoms with Gasteiger partial charge in [0.05, 0.1) is 8.64 Å². The summed E-state index contributed by atoms with van der Waals surface area (Å²) < 4.78 is 44.3. The molecule has 0 aliphatic heterocycles. The van der Waals surface area contributed by atoms with Gasteiger partial charge >= 0.3 is 0 Å². The van der Waals surface area contributed by atoms with Crippen LogP contribution in [0.4, 0.5) is 0 Å². The maximum absolute atomic E-state index is 5.65. The Labute approximate surface area is 231 Å². The minimum atomic E-state index is -1.12. The molecule has 11 nitrogen and oxygen atoms in total. The molecule has 0 aromatic carbocycles. The average molecular weight is 580 g/mol. The minimum absolute atomic E-state index is 0.102. The molecule has 0 radical (unpaired) electrons. The molecule has 0 saturated carbocycles. The van der Waals surface area contributed by atoms with Gasteiger partial charge in [-0.05, 0) is 19.4 Å². The second kappa shape index (κ2) is 15.6. The number of nitrogens with one attached hydrogen (secondary N) is 1. The maximum atomic E-state index is 5.65. The lowest BCUT2D eigenvalue weighted by Crippen LogP contribution is -2.80. The lowest BCUT2D eigenvalue weighted by Gasteiger charge is -2.52. The minimum Gasteiger partial charge on any atom is -0.368 e. The van der Waals surface area contributed by atoms with Crippen molar-refractivity contribution >= 4 is 58.3 Å². The van der Waals surface area contributed by atoms with Crippen LogP contribution in [-0.2, 0) is 63.2 Å². The number of ether oxygens (including phenoxy) is 8. The van der Waals surface area contributed by atoms with Crippen LogP contribution in [0.15, 0.2) is 0 Å². The van der Waals surface area contributed by atoms with E-state index in [-0.39, 0.29) is 44.0 Å². The zero-order chi connectivity index (χ0) is 27.5. The Morgan fingerprint density at radius 1 is 0.657 bits per heavy atom. The fourth-order valence-corrected chi connectivity index (χ4v) is 4.13. The fourth-order valence-electron chi connectivity index (χ4n) is 3.41. The van der Waals surface area contributed by atoms with E-state index in [0.29, 0.717) is 0 Å². The zero-order valence-electron chi connectivity index (χ0n) is 22.3. The SMILES string of the molecule is COC(C[N+](CC(C)(OC)OC)(N[N+](CC(OC)OC)(CC(C)(OC)OC)C(=S)[S-])C(=S)[S-])OC. The van der Waals surface area contributed by atoms with E-state index in [1.807, 2.05) is 0 Å². The second-order valence-electron chi connectivity index (χ2n) is 8.13. The lowest BCUT2D eigenvalue weighted by atomic mass is 10.2. The summed E-state index contributed by atoms with van der Waals surface area (Å²) in [5.74, 6) is -2.23. The molecule has 0 amide bonds. The van der Waals surface area contributed by atoms with Crippen molar-refractivity contribution in [1.82, 2.24) is 5.53 Å². The molecule has 0 aliphatic carbocycles. The molecule has 2 atom stereocenters. The van der Waals surface area contributed by atoms with Gasteiger partial charge < -0.3 is 87.6 Å². The molecule has 0 rings (SSSR count). The first kappa shape index (κ1) is 35.2. The molecule has 0 fully saturated rings. The molecule has 2 unspecified atom stereocenters. The van der Waals surface area contributed by atoms with Crippen LogP contribution in [0, 0.1) is 0 Å². The monoisotopic (exact) mass is 579 g/mol. The predicted molar refractivity (Wildman–Crippen MR) is 144 cm³/mol. The van der Waals surface area contributed by atoms with E-state index in [2.05, 4.69) is 5.53 Å². The van der Waals surface area contributed by atoms with Crippen LogP contribution in [-0.4, -0.2) is 125 Å². The van der Waals surface area contributed by atoms with Crippen molar-refractivity contribution in [3.05, 3.63) is 0 Å². The number of hydrogen-bond acceptors (Lipinski definition) is 13. The Morgan fingerprint density at radius 2 is 0.914 bits per heavy atom. The highest BCUT2D eigenvalue weighted by Crippen LogP contribution is 2.26. The van der Waals surface area contributed by atoms with Gasteiger partial charge in [0.2, 0.25) is 24.2 Å². The third-order valence-corrected chi connectivity index (χ3v) is 7.29. The predicted octanol–water partition coefficient (Wildman–Crippen LogP) is 0.959. The Bertz CT molecular complexity index is 610. The Balaban J connectivity index is 7.10. The highest BCUT2D eigenvalue weighted by Gasteiger charge is 2.51. The molecule has 0 spiro atoms. The maximum Gasteiger partial charge on any atom is 0.217 e. The Morgan fingerprint density at radius 3 is 1.09 bits per heavy atom. The number of quaternary nitrogens is 2. The molecular weight excluding hydrogens is 539 g/mol. The second-order valence-corrected chi connectivity index (χ2v) is 10.2. The molecule has 0 saturated heterocycles. The van der Waals surface area contributed by atoms with Crippen molar-refractivity contribution in [2.75, 3.05) is 83.1 Å². The molecule has 208 valence electrons. The van der Waals surface area contributed by atoms with Crippen LogP contribution < -0.4 is 5.53 Å². The van der Waals surface area contributed by atoms with Gasteiger partial charge in [-0.25, -0.2) is 0 Å². The van der Waals surface area contributed by atoms with Gasteiger partial charge in [-0.1, -0.05) is 0 Å². The fraction of sp³-hybridized carbons (Fsp3) is 0.900. The van der Waals surface area contributed by atoms with E-state index in [4.69, 9.17) is 87.6 Å². The number of methoxy groups -OCH3 is 8. The molecule has 15 heteroatoms. The highest BCUT2D eigenvalue weighted by molar-refractivity contribution is 8.00. The van der Waals surface area contributed by atoms with Gasteiger partial charge in [-0.15, -0.1) is 0 Å². The average Bonchev–Trinajstić information content (AvgIpc) is 2.84. The number of hydrogen-bond donors (Lipinski definition) is 1. The van der Waals surface area contributed by atoms with Crippen molar-refractivity contribution in [2.45, 2.75) is 38.0 Å². The number of nitrogens with zero attached hydrogens (tertiary/aromatic N) is 2. The molecule has 0 aliphatic rings. The summed E-state index contributed by atoms with van der Waals surface area (Å²) in [6, 6.07) is 0. The third-order valence-electron chi connectivity index (χ3n) is 5.90. The van der Waals surface area contributed by atoms with Crippen LogP contribution in [0.5, 0.6) is 0 Å². The van der Waals surface area contributed by atoms with Crippen molar-refractivity contribution in [3.8, 4) is 0 Å². The molecule has 0 aromatic rings. The molecular formula is C20H41N3O8S4. The van der Waals surface area contributed by atoms with E-state index < -0.39 is 24.2 Å². The first-order valence-electron chi connectivity index (χ1n) is 10.5. The molecule has 35 heavy (non-hydrogen) atoms. The molecule has 0 aromatic heterocycles. The number of rotatable bonds is 18. The van der Waals surface area contributed by atoms with E-state index >= 15 is 0 Å². The van der Waals surface area contributed by atoms with Crippen LogP contribution in [0.3, 0.4) is 0 Å². The van der Waals surface area contributed by atoms with Crippen LogP contribution in [0.1, 0.15) is 13.8 Å². The van der Waals surface area contributed by atoms with E-state index in [0.717, 1.165) is 0 Å². The largest absolute Gasteiger partial charge is 0.368 e. The van der Waals surface area contributed by atoms with Crippen molar-refractivity contribution in [1.29, 1.82) is 0 Å². The Kier molecular flexibility index (Phi) is 15.6. The topological polar surface area (TPSA) is 85.9 Å². The summed E-state index contributed by atoms with van der Waals surface area (Å²) in [7, 11) is 12.1. The van der Waals surface area contributed by atoms with Crippen molar-refractivity contribution < 1.29 is 47.1 Å². The van der Waals surface area contributed by atoms with E-state index in [1.54, 1.807) is 13.8 Å². The quantitative estimate of drug-likeness (QED) is 0.0823. The normalized spacial score (nSPS) is 16.3. The van der Waals surface area contributed by atoms with Crippen LogP contribution in [0.25, 0.3) is 0 Å². The van der Waals surface area contributed by atoms with Gasteiger partial charge in [0, 0.05) is 56.9 Å². The van der Waals surface area contributed by atoms with E-state index in [9.17, 15) is 0 Å².